The molecule has 0 fully saturated rings. The Morgan fingerprint density at radius 1 is 1.12 bits per heavy atom. The number of ketones is 1. The summed E-state index contributed by atoms with van der Waals surface area (Å²) in [6.07, 6.45) is 1.62. The number of nitrogens with one attached hydrogen (secondary N) is 1. The Kier molecular flexibility index (Phi) is 5.48. The number of anilines is 1. The fourth-order valence-corrected chi connectivity index (χ4v) is 3.18. The molecule has 2 aromatic carbocycles. The van der Waals surface area contributed by atoms with E-state index in [0.29, 0.717) is 16.4 Å². The summed E-state index contributed by atoms with van der Waals surface area (Å²) in [4.78, 5) is 24.0. The van der Waals surface area contributed by atoms with E-state index in [1.807, 2.05) is 34.9 Å². The maximum Gasteiger partial charge on any atom is 0.237 e. The Morgan fingerprint density at radius 2 is 1.88 bits per heavy atom. The fraction of sp³-hybridized carbons (Fsp3) is 0.158. The predicted octanol–water partition coefficient (Wildman–Crippen LogP) is 3.59. The van der Waals surface area contributed by atoms with E-state index >= 15 is 0 Å². The van der Waals surface area contributed by atoms with Crippen molar-refractivity contribution in [3.8, 4) is 5.69 Å². The number of hydrogen-bond acceptors (Lipinski definition) is 5. The molecule has 6 nitrogen and oxygen atoms in total. The number of Topliss-reactive ketones (excluding diaryl/α,β-unsaturated/α-hetero) is 1. The summed E-state index contributed by atoms with van der Waals surface area (Å²) in [5, 5.41) is 11.1. The molecule has 132 valence electrons. The first-order valence-electron chi connectivity index (χ1n) is 8.08. The first kappa shape index (κ1) is 17.9. The molecule has 7 heteroatoms. The molecule has 26 heavy (non-hydrogen) atoms. The van der Waals surface area contributed by atoms with Crippen molar-refractivity contribution in [3.63, 3.8) is 0 Å². The standard InChI is InChI=1S/C19H18N4O2S/c1-13(24)15-7-6-8-16(11-15)21-18(25)14(2)26-19-22-20-12-23(19)17-9-4-3-5-10-17/h3-12,14H,1-2H3,(H,21,25)/t14-/m1/s1. The zero-order valence-electron chi connectivity index (χ0n) is 14.4. The van der Waals surface area contributed by atoms with Gasteiger partial charge in [-0.25, -0.2) is 0 Å². The Bertz CT molecular complexity index is 924. The first-order chi connectivity index (χ1) is 12.5. The summed E-state index contributed by atoms with van der Waals surface area (Å²) in [6.45, 7) is 3.30. The van der Waals surface area contributed by atoms with Gasteiger partial charge in [0.25, 0.3) is 0 Å². The quantitative estimate of drug-likeness (QED) is 0.533. The van der Waals surface area contributed by atoms with Crippen LogP contribution in [0.3, 0.4) is 0 Å². The van der Waals surface area contributed by atoms with Crippen molar-refractivity contribution in [2.75, 3.05) is 5.32 Å². The van der Waals surface area contributed by atoms with Crippen LogP contribution >= 0.6 is 11.8 Å². The minimum absolute atomic E-state index is 0.0421. The number of hydrogen-bond donors (Lipinski definition) is 1. The number of carbonyl (C=O) groups is 2. The molecule has 0 aliphatic heterocycles. The highest BCUT2D eigenvalue weighted by Gasteiger charge is 2.18. The average molecular weight is 366 g/mol. The van der Waals surface area contributed by atoms with E-state index in [4.69, 9.17) is 0 Å². The van der Waals surface area contributed by atoms with E-state index in [1.165, 1.54) is 18.7 Å². The van der Waals surface area contributed by atoms with Crippen LogP contribution in [0.25, 0.3) is 5.69 Å². The molecule has 1 aromatic heterocycles. The van der Waals surface area contributed by atoms with E-state index in [1.54, 1.807) is 37.5 Å². The summed E-state index contributed by atoms with van der Waals surface area (Å²) >= 11 is 1.32. The third-order valence-corrected chi connectivity index (χ3v) is 4.80. The lowest BCUT2D eigenvalue weighted by molar-refractivity contribution is -0.115. The van der Waals surface area contributed by atoms with Gasteiger partial charge in [0.05, 0.1) is 5.25 Å². The van der Waals surface area contributed by atoms with Crippen LogP contribution in [0.5, 0.6) is 0 Å². The fourth-order valence-electron chi connectivity index (χ4n) is 2.34. The summed E-state index contributed by atoms with van der Waals surface area (Å²) in [7, 11) is 0. The van der Waals surface area contributed by atoms with Crippen molar-refractivity contribution in [3.05, 3.63) is 66.5 Å². The first-order valence-corrected chi connectivity index (χ1v) is 8.96. The molecular formula is C19H18N4O2S. The lowest BCUT2D eigenvalue weighted by Gasteiger charge is -2.13. The van der Waals surface area contributed by atoms with Crippen LogP contribution < -0.4 is 5.32 Å². The smallest absolute Gasteiger partial charge is 0.237 e. The molecule has 1 amide bonds. The van der Waals surface area contributed by atoms with Crippen LogP contribution in [0.2, 0.25) is 0 Å². The van der Waals surface area contributed by atoms with E-state index in [2.05, 4.69) is 15.5 Å². The van der Waals surface area contributed by atoms with Crippen LogP contribution in [-0.2, 0) is 4.79 Å². The molecule has 1 heterocycles. The Balaban J connectivity index is 1.70. The van der Waals surface area contributed by atoms with E-state index < -0.39 is 0 Å². The molecule has 0 saturated heterocycles. The molecular weight excluding hydrogens is 348 g/mol. The van der Waals surface area contributed by atoms with Crippen LogP contribution in [0.15, 0.2) is 66.1 Å². The highest BCUT2D eigenvalue weighted by Crippen LogP contribution is 2.24. The third kappa shape index (κ3) is 4.18. The highest BCUT2D eigenvalue weighted by molar-refractivity contribution is 8.00. The largest absolute Gasteiger partial charge is 0.325 e. The molecule has 3 rings (SSSR count). The SMILES string of the molecule is CC(=O)c1cccc(NC(=O)[C@@H](C)Sc2nncn2-c2ccccc2)c1. The number of benzene rings is 2. The second-order valence-electron chi connectivity index (χ2n) is 5.71. The molecule has 0 spiro atoms. The van der Waals surface area contributed by atoms with Crippen LogP contribution in [0.4, 0.5) is 5.69 Å². The number of carbonyl (C=O) groups excluding carboxylic acids is 2. The molecule has 0 radical (unpaired) electrons. The minimum atomic E-state index is -0.386. The van der Waals surface area contributed by atoms with Crippen LogP contribution in [0, 0.1) is 0 Å². The Morgan fingerprint density at radius 3 is 2.62 bits per heavy atom. The van der Waals surface area contributed by atoms with E-state index in [0.717, 1.165) is 5.69 Å². The zero-order chi connectivity index (χ0) is 18.5. The van der Waals surface area contributed by atoms with Gasteiger partial charge in [-0.3, -0.25) is 14.2 Å². The summed E-state index contributed by atoms with van der Waals surface area (Å²) < 4.78 is 1.84. The highest BCUT2D eigenvalue weighted by atomic mass is 32.2. The summed E-state index contributed by atoms with van der Waals surface area (Å²) in [6, 6.07) is 16.6. The molecule has 0 aliphatic rings. The second-order valence-corrected chi connectivity index (χ2v) is 7.01. The minimum Gasteiger partial charge on any atom is -0.325 e. The number of para-hydroxylation sites is 1. The van der Waals surface area contributed by atoms with Crippen molar-refractivity contribution in [1.29, 1.82) is 0 Å². The van der Waals surface area contributed by atoms with Crippen molar-refractivity contribution < 1.29 is 9.59 Å². The van der Waals surface area contributed by atoms with Gasteiger partial charge >= 0.3 is 0 Å². The average Bonchev–Trinajstić information content (AvgIpc) is 3.10. The second kappa shape index (κ2) is 7.97. The lowest BCUT2D eigenvalue weighted by Crippen LogP contribution is -2.23. The van der Waals surface area contributed by atoms with Crippen molar-refractivity contribution in [2.45, 2.75) is 24.3 Å². The monoisotopic (exact) mass is 366 g/mol. The van der Waals surface area contributed by atoms with Crippen molar-refractivity contribution in [1.82, 2.24) is 14.8 Å². The predicted molar refractivity (Wildman–Crippen MR) is 102 cm³/mol. The van der Waals surface area contributed by atoms with Gasteiger partial charge in [-0.05, 0) is 38.1 Å². The number of amides is 1. The molecule has 0 aliphatic carbocycles. The molecule has 1 atom stereocenters. The molecule has 3 aromatic rings. The number of thioether (sulfide) groups is 1. The van der Waals surface area contributed by atoms with Gasteiger partial charge in [-0.1, -0.05) is 42.1 Å². The number of nitrogens with zero attached hydrogens (tertiary/aromatic N) is 3. The van der Waals surface area contributed by atoms with Crippen LogP contribution in [0.1, 0.15) is 24.2 Å². The van der Waals surface area contributed by atoms with E-state index in [9.17, 15) is 9.59 Å². The van der Waals surface area contributed by atoms with Crippen molar-refractivity contribution >= 4 is 29.1 Å². The van der Waals surface area contributed by atoms with Gasteiger partial charge < -0.3 is 5.32 Å². The van der Waals surface area contributed by atoms with Crippen molar-refractivity contribution in [2.24, 2.45) is 0 Å². The summed E-state index contributed by atoms with van der Waals surface area (Å²) in [5.74, 6) is -0.210. The molecule has 1 N–H and O–H groups in total. The van der Waals surface area contributed by atoms with Gasteiger partial charge in [0.15, 0.2) is 10.9 Å². The third-order valence-electron chi connectivity index (χ3n) is 3.74. The molecule has 0 saturated carbocycles. The maximum atomic E-state index is 12.5. The number of aromatic nitrogens is 3. The van der Waals surface area contributed by atoms with Gasteiger partial charge in [0.2, 0.25) is 5.91 Å². The van der Waals surface area contributed by atoms with E-state index in [-0.39, 0.29) is 16.9 Å². The summed E-state index contributed by atoms with van der Waals surface area (Å²) in [5.41, 5.74) is 2.09. The topological polar surface area (TPSA) is 76.9 Å². The number of rotatable bonds is 6. The maximum absolute atomic E-state index is 12.5. The zero-order valence-corrected chi connectivity index (χ0v) is 15.2. The van der Waals surface area contributed by atoms with Gasteiger partial charge in [0.1, 0.15) is 6.33 Å². The lowest BCUT2D eigenvalue weighted by atomic mass is 10.1. The normalized spacial score (nSPS) is 11.8. The van der Waals surface area contributed by atoms with Gasteiger partial charge in [-0.2, -0.15) is 0 Å². The Hall–Kier alpha value is -2.93. The van der Waals surface area contributed by atoms with Crippen LogP contribution in [-0.4, -0.2) is 31.7 Å². The van der Waals surface area contributed by atoms with Gasteiger partial charge in [-0.15, -0.1) is 10.2 Å². The molecule has 0 bridgehead atoms. The Labute approximate surface area is 155 Å². The van der Waals surface area contributed by atoms with Gasteiger partial charge in [0, 0.05) is 16.9 Å². The molecule has 0 unspecified atom stereocenters.